The van der Waals surface area contributed by atoms with Crippen LogP contribution in [0.15, 0.2) is 18.3 Å². The first-order valence-electron chi connectivity index (χ1n) is 6.64. The fourth-order valence-corrected chi connectivity index (χ4v) is 1.99. The monoisotopic (exact) mass is 252 g/mol. The second-order valence-electron chi connectivity index (χ2n) is 4.48. The average Bonchev–Trinajstić information content (AvgIpc) is 2.84. The van der Waals surface area contributed by atoms with Crippen LogP contribution in [0.4, 0.5) is 0 Å². The van der Waals surface area contributed by atoms with E-state index in [-0.39, 0.29) is 5.97 Å². The molecule has 1 heterocycles. The van der Waals surface area contributed by atoms with Gasteiger partial charge in [0.25, 0.3) is 0 Å². The molecule has 0 aliphatic rings. The highest BCUT2D eigenvalue weighted by Gasteiger charge is 2.09. The van der Waals surface area contributed by atoms with Crippen molar-refractivity contribution in [3.8, 4) is 0 Å². The molecule has 0 aliphatic heterocycles. The van der Waals surface area contributed by atoms with E-state index in [0.717, 1.165) is 25.9 Å². The van der Waals surface area contributed by atoms with E-state index < -0.39 is 0 Å². The van der Waals surface area contributed by atoms with Crippen molar-refractivity contribution in [1.29, 1.82) is 0 Å². The van der Waals surface area contributed by atoms with Crippen LogP contribution in [0, 0.1) is 0 Å². The molecule has 0 spiro atoms. The van der Waals surface area contributed by atoms with Gasteiger partial charge in [0.05, 0.1) is 7.11 Å². The average molecular weight is 252 g/mol. The zero-order valence-corrected chi connectivity index (χ0v) is 11.6. The lowest BCUT2D eigenvalue weighted by Gasteiger charge is -2.16. The Morgan fingerprint density at radius 2 is 2.33 bits per heavy atom. The summed E-state index contributed by atoms with van der Waals surface area (Å²) in [5, 5.41) is 3.47. The van der Waals surface area contributed by atoms with Crippen LogP contribution in [-0.2, 0) is 16.1 Å². The van der Waals surface area contributed by atoms with Gasteiger partial charge in [0.2, 0.25) is 0 Å². The van der Waals surface area contributed by atoms with Crippen molar-refractivity contribution >= 4 is 5.97 Å². The molecule has 0 amide bonds. The van der Waals surface area contributed by atoms with Gasteiger partial charge in [-0.3, -0.25) is 4.79 Å². The first-order valence-corrected chi connectivity index (χ1v) is 6.64. The number of hydrogen-bond acceptors (Lipinski definition) is 3. The SMILES string of the molecule is CCCNC(C)c1cccn1CCCC(=O)OC. The van der Waals surface area contributed by atoms with Gasteiger partial charge < -0.3 is 14.6 Å². The van der Waals surface area contributed by atoms with Crippen LogP contribution in [0.25, 0.3) is 0 Å². The second-order valence-corrected chi connectivity index (χ2v) is 4.48. The summed E-state index contributed by atoms with van der Waals surface area (Å²) in [6.07, 6.45) is 4.49. The Hall–Kier alpha value is -1.29. The predicted molar refractivity (Wildman–Crippen MR) is 72.4 cm³/mol. The highest BCUT2D eigenvalue weighted by atomic mass is 16.5. The summed E-state index contributed by atoms with van der Waals surface area (Å²) in [7, 11) is 1.43. The number of nitrogens with one attached hydrogen (secondary N) is 1. The number of aromatic nitrogens is 1. The number of ether oxygens (including phenoxy) is 1. The number of rotatable bonds is 8. The molecule has 0 bridgehead atoms. The third-order valence-corrected chi connectivity index (χ3v) is 3.02. The van der Waals surface area contributed by atoms with E-state index in [2.05, 4.69) is 46.8 Å². The Labute approximate surface area is 109 Å². The van der Waals surface area contributed by atoms with Gasteiger partial charge in [-0.2, -0.15) is 0 Å². The van der Waals surface area contributed by atoms with Crippen molar-refractivity contribution in [1.82, 2.24) is 9.88 Å². The minimum absolute atomic E-state index is 0.138. The van der Waals surface area contributed by atoms with Crippen molar-refractivity contribution < 1.29 is 9.53 Å². The molecule has 0 fully saturated rings. The largest absolute Gasteiger partial charge is 0.469 e. The molecular weight excluding hydrogens is 228 g/mol. The molecule has 0 saturated carbocycles. The van der Waals surface area contributed by atoms with Crippen LogP contribution >= 0.6 is 0 Å². The highest BCUT2D eigenvalue weighted by molar-refractivity contribution is 5.68. The first-order chi connectivity index (χ1) is 8.69. The summed E-state index contributed by atoms with van der Waals surface area (Å²) >= 11 is 0. The van der Waals surface area contributed by atoms with Gasteiger partial charge in [0.15, 0.2) is 0 Å². The molecule has 4 heteroatoms. The Kier molecular flexibility index (Phi) is 6.50. The topological polar surface area (TPSA) is 43.3 Å². The molecule has 102 valence electrons. The molecule has 0 aromatic carbocycles. The molecule has 1 atom stereocenters. The van der Waals surface area contributed by atoms with Crippen LogP contribution in [-0.4, -0.2) is 24.2 Å². The maximum absolute atomic E-state index is 11.1. The lowest BCUT2D eigenvalue weighted by molar-refractivity contribution is -0.140. The summed E-state index contributed by atoms with van der Waals surface area (Å²) in [5.74, 6) is -0.138. The minimum atomic E-state index is -0.138. The van der Waals surface area contributed by atoms with Crippen molar-refractivity contribution in [2.24, 2.45) is 0 Å². The van der Waals surface area contributed by atoms with Gasteiger partial charge >= 0.3 is 5.97 Å². The maximum Gasteiger partial charge on any atom is 0.305 e. The molecule has 4 nitrogen and oxygen atoms in total. The molecule has 1 unspecified atom stereocenters. The first kappa shape index (κ1) is 14.8. The Morgan fingerprint density at radius 3 is 3.00 bits per heavy atom. The Balaban J connectivity index is 2.46. The second kappa shape index (κ2) is 7.93. The van der Waals surface area contributed by atoms with Gasteiger partial charge in [-0.15, -0.1) is 0 Å². The number of aryl methyl sites for hydroxylation is 1. The number of methoxy groups -OCH3 is 1. The number of carbonyl (C=O) groups is 1. The van der Waals surface area contributed by atoms with Crippen LogP contribution < -0.4 is 5.32 Å². The molecule has 1 aromatic rings. The van der Waals surface area contributed by atoms with Gasteiger partial charge in [-0.1, -0.05) is 6.92 Å². The van der Waals surface area contributed by atoms with Gasteiger partial charge in [-0.25, -0.2) is 0 Å². The van der Waals surface area contributed by atoms with Crippen molar-refractivity contribution in [3.05, 3.63) is 24.0 Å². The third kappa shape index (κ3) is 4.53. The van der Waals surface area contributed by atoms with Gasteiger partial charge in [0.1, 0.15) is 0 Å². The molecular formula is C14H24N2O2. The predicted octanol–water partition coefficient (Wildman–Crippen LogP) is 2.50. The van der Waals surface area contributed by atoms with Crippen molar-refractivity contribution in [3.63, 3.8) is 0 Å². The molecule has 18 heavy (non-hydrogen) atoms. The zero-order chi connectivity index (χ0) is 13.4. The zero-order valence-electron chi connectivity index (χ0n) is 11.6. The lowest BCUT2D eigenvalue weighted by atomic mass is 10.2. The summed E-state index contributed by atoms with van der Waals surface area (Å²) in [6.45, 7) is 6.21. The lowest BCUT2D eigenvalue weighted by Crippen LogP contribution is -2.22. The number of carbonyl (C=O) groups excluding carboxylic acids is 1. The highest BCUT2D eigenvalue weighted by Crippen LogP contribution is 2.14. The van der Waals surface area contributed by atoms with Crippen LogP contribution in [0.2, 0.25) is 0 Å². The standard InChI is InChI=1S/C14H24N2O2/c1-4-9-15-12(2)13-7-5-10-16(13)11-6-8-14(17)18-3/h5,7,10,12,15H,4,6,8-9,11H2,1-3H3. The van der Waals surface area contributed by atoms with E-state index in [1.54, 1.807) is 0 Å². The number of esters is 1. The molecule has 1 aromatic heterocycles. The van der Waals surface area contributed by atoms with Gasteiger partial charge in [-0.05, 0) is 38.4 Å². The molecule has 1 rings (SSSR count). The summed E-state index contributed by atoms with van der Waals surface area (Å²) < 4.78 is 6.84. The van der Waals surface area contributed by atoms with E-state index >= 15 is 0 Å². The fraction of sp³-hybridized carbons (Fsp3) is 0.643. The summed E-state index contributed by atoms with van der Waals surface area (Å²) in [4.78, 5) is 11.1. The van der Waals surface area contributed by atoms with Crippen LogP contribution in [0.1, 0.15) is 44.8 Å². The molecule has 0 radical (unpaired) electrons. The van der Waals surface area contributed by atoms with Crippen molar-refractivity contribution in [2.75, 3.05) is 13.7 Å². The fourth-order valence-electron chi connectivity index (χ4n) is 1.99. The maximum atomic E-state index is 11.1. The number of nitrogens with zero attached hydrogens (tertiary/aromatic N) is 1. The van der Waals surface area contributed by atoms with Crippen LogP contribution in [0.3, 0.4) is 0 Å². The molecule has 1 N–H and O–H groups in total. The normalized spacial score (nSPS) is 12.4. The summed E-state index contributed by atoms with van der Waals surface area (Å²) in [5.41, 5.74) is 1.27. The van der Waals surface area contributed by atoms with E-state index in [4.69, 9.17) is 0 Å². The third-order valence-electron chi connectivity index (χ3n) is 3.02. The smallest absolute Gasteiger partial charge is 0.305 e. The number of hydrogen-bond donors (Lipinski definition) is 1. The Bertz CT molecular complexity index is 360. The quantitative estimate of drug-likeness (QED) is 0.723. The van der Waals surface area contributed by atoms with E-state index in [1.807, 2.05) is 0 Å². The Morgan fingerprint density at radius 1 is 1.56 bits per heavy atom. The molecule has 0 aliphatic carbocycles. The van der Waals surface area contributed by atoms with E-state index in [1.165, 1.54) is 12.8 Å². The van der Waals surface area contributed by atoms with Gasteiger partial charge in [0, 0.05) is 30.9 Å². The van der Waals surface area contributed by atoms with Crippen LogP contribution in [0.5, 0.6) is 0 Å². The summed E-state index contributed by atoms with van der Waals surface area (Å²) in [6, 6.07) is 4.53. The van der Waals surface area contributed by atoms with E-state index in [9.17, 15) is 4.79 Å². The van der Waals surface area contributed by atoms with Crippen molar-refractivity contribution in [2.45, 2.75) is 45.7 Å². The molecule has 0 saturated heterocycles. The van der Waals surface area contributed by atoms with E-state index in [0.29, 0.717) is 12.5 Å². The minimum Gasteiger partial charge on any atom is -0.469 e.